The first-order valence-corrected chi connectivity index (χ1v) is 7.48. The number of carboxylic acid groups (broad SMARTS) is 1. The largest absolute Gasteiger partial charge is 0.481 e. The Morgan fingerprint density at radius 3 is 2.48 bits per heavy atom. The fraction of sp³-hybridized carbons (Fsp3) is 0.333. The van der Waals surface area contributed by atoms with Crippen molar-refractivity contribution in [3.05, 3.63) is 24.3 Å². The summed E-state index contributed by atoms with van der Waals surface area (Å²) in [5.41, 5.74) is -0.724. The second-order valence-electron chi connectivity index (χ2n) is 5.11. The van der Waals surface area contributed by atoms with Gasteiger partial charge in [-0.2, -0.15) is 0 Å². The highest BCUT2D eigenvalue weighted by Gasteiger charge is 2.23. The maximum absolute atomic E-state index is 11.8. The molecule has 0 saturated heterocycles. The number of carbonyl (C=O) groups is 2. The monoisotopic (exact) mass is 315 g/mol. The van der Waals surface area contributed by atoms with E-state index in [1.54, 1.807) is 13.8 Å². The molecule has 9 heteroatoms. The predicted octanol–water partition coefficient (Wildman–Crippen LogP) is 0.709. The van der Waals surface area contributed by atoms with Crippen LogP contribution in [-0.4, -0.2) is 31.1 Å². The molecule has 0 bridgehead atoms. The second kappa shape index (κ2) is 6.10. The van der Waals surface area contributed by atoms with Gasteiger partial charge in [0.05, 0.1) is 11.3 Å². The van der Waals surface area contributed by atoms with Gasteiger partial charge in [0, 0.05) is 11.2 Å². The Morgan fingerprint density at radius 1 is 1.33 bits per heavy atom. The fourth-order valence-corrected chi connectivity index (χ4v) is 2.20. The van der Waals surface area contributed by atoms with Crippen molar-refractivity contribution in [3.8, 4) is 0 Å². The van der Waals surface area contributed by atoms with Gasteiger partial charge in [-0.05, 0) is 32.0 Å². The standard InChI is InChI=1S/C12H17N3O5S/c1-12(2,7-10(16)17)15-11(18)14-8-4-3-5-9(6-8)21(13,19)20/h3-6H,7H2,1-2H3,(H,16,17)(H2,13,19,20)(H2,14,15,18). The van der Waals surface area contributed by atoms with Crippen molar-refractivity contribution in [1.29, 1.82) is 0 Å². The van der Waals surface area contributed by atoms with Crippen LogP contribution < -0.4 is 15.8 Å². The summed E-state index contributed by atoms with van der Waals surface area (Å²) in [7, 11) is -3.86. The fourth-order valence-electron chi connectivity index (χ4n) is 1.64. The average Bonchev–Trinajstić information content (AvgIpc) is 2.24. The predicted molar refractivity (Wildman–Crippen MR) is 76.3 cm³/mol. The van der Waals surface area contributed by atoms with Crippen molar-refractivity contribution >= 4 is 27.7 Å². The number of anilines is 1. The van der Waals surface area contributed by atoms with Crippen molar-refractivity contribution in [3.63, 3.8) is 0 Å². The normalized spacial score (nSPS) is 11.8. The number of nitrogens with two attached hydrogens (primary N) is 1. The van der Waals surface area contributed by atoms with E-state index in [0.29, 0.717) is 0 Å². The molecule has 0 aliphatic heterocycles. The lowest BCUT2D eigenvalue weighted by molar-refractivity contribution is -0.138. The van der Waals surface area contributed by atoms with Gasteiger partial charge in [-0.15, -0.1) is 0 Å². The molecule has 0 aromatic heterocycles. The van der Waals surface area contributed by atoms with E-state index in [1.807, 2.05) is 0 Å². The molecule has 0 atom stereocenters. The zero-order valence-electron chi connectivity index (χ0n) is 11.6. The van der Waals surface area contributed by atoms with Crippen LogP contribution in [0.25, 0.3) is 0 Å². The number of primary sulfonamides is 1. The Kier molecular flexibility index (Phi) is 4.92. The summed E-state index contributed by atoms with van der Waals surface area (Å²) in [5, 5.41) is 18.6. The smallest absolute Gasteiger partial charge is 0.319 e. The lowest BCUT2D eigenvalue weighted by Crippen LogP contribution is -2.46. The van der Waals surface area contributed by atoms with Crippen molar-refractivity contribution in [2.24, 2.45) is 5.14 Å². The van der Waals surface area contributed by atoms with Crippen molar-refractivity contribution < 1.29 is 23.1 Å². The number of amides is 2. The maximum atomic E-state index is 11.8. The third-order valence-corrected chi connectivity index (χ3v) is 3.38. The van der Waals surface area contributed by atoms with Gasteiger partial charge in [-0.25, -0.2) is 18.4 Å². The number of nitrogens with one attached hydrogen (secondary N) is 2. The third kappa shape index (κ3) is 5.79. The number of hydrogen-bond donors (Lipinski definition) is 4. The number of rotatable bonds is 5. The molecule has 1 aromatic rings. The number of urea groups is 1. The second-order valence-corrected chi connectivity index (χ2v) is 6.67. The van der Waals surface area contributed by atoms with Gasteiger partial charge in [0.1, 0.15) is 0 Å². The zero-order chi connectivity index (χ0) is 16.3. The molecule has 0 aliphatic rings. The topological polar surface area (TPSA) is 139 Å². The van der Waals surface area contributed by atoms with Crippen LogP contribution in [0.1, 0.15) is 20.3 Å². The minimum absolute atomic E-state index is 0.134. The lowest BCUT2D eigenvalue weighted by Gasteiger charge is -2.24. The van der Waals surface area contributed by atoms with Crippen LogP contribution in [0, 0.1) is 0 Å². The number of benzene rings is 1. The number of aliphatic carboxylic acids is 1. The van der Waals surface area contributed by atoms with Crippen LogP contribution in [0.5, 0.6) is 0 Å². The van der Waals surface area contributed by atoms with E-state index in [2.05, 4.69) is 10.6 Å². The number of sulfonamides is 1. The molecule has 116 valence electrons. The highest BCUT2D eigenvalue weighted by atomic mass is 32.2. The quantitative estimate of drug-likeness (QED) is 0.633. The summed E-state index contributed by atoms with van der Waals surface area (Å²) in [5.74, 6) is -1.04. The molecule has 8 nitrogen and oxygen atoms in total. The number of carboxylic acids is 1. The molecule has 0 radical (unpaired) electrons. The van der Waals surface area contributed by atoms with Crippen molar-refractivity contribution in [2.75, 3.05) is 5.32 Å². The van der Waals surface area contributed by atoms with E-state index in [4.69, 9.17) is 10.2 Å². The molecule has 2 amide bonds. The molecule has 1 rings (SSSR count). The molecule has 21 heavy (non-hydrogen) atoms. The molecular weight excluding hydrogens is 298 g/mol. The van der Waals surface area contributed by atoms with Gasteiger partial charge in [0.15, 0.2) is 0 Å². The molecule has 0 heterocycles. The first-order valence-electron chi connectivity index (χ1n) is 5.93. The summed E-state index contributed by atoms with van der Waals surface area (Å²) in [4.78, 5) is 22.3. The van der Waals surface area contributed by atoms with E-state index in [0.717, 1.165) is 0 Å². The first kappa shape index (κ1) is 16.9. The van der Waals surface area contributed by atoms with E-state index >= 15 is 0 Å². The Labute approximate surface area is 122 Å². The molecule has 0 saturated carbocycles. The maximum Gasteiger partial charge on any atom is 0.319 e. The summed E-state index contributed by atoms with van der Waals surface area (Å²) >= 11 is 0. The molecule has 0 fully saturated rings. The van der Waals surface area contributed by atoms with Crippen LogP contribution >= 0.6 is 0 Å². The zero-order valence-corrected chi connectivity index (χ0v) is 12.4. The van der Waals surface area contributed by atoms with Gasteiger partial charge in [0.2, 0.25) is 10.0 Å². The van der Waals surface area contributed by atoms with Crippen LogP contribution in [0.3, 0.4) is 0 Å². The Balaban J connectivity index is 2.78. The Bertz CT molecular complexity index is 655. The van der Waals surface area contributed by atoms with Crippen molar-refractivity contribution in [2.45, 2.75) is 30.7 Å². The van der Waals surface area contributed by atoms with E-state index in [1.165, 1.54) is 24.3 Å². The lowest BCUT2D eigenvalue weighted by atomic mass is 10.0. The third-order valence-electron chi connectivity index (χ3n) is 2.47. The Morgan fingerprint density at radius 2 is 1.95 bits per heavy atom. The van der Waals surface area contributed by atoms with Crippen molar-refractivity contribution in [1.82, 2.24) is 5.32 Å². The minimum atomic E-state index is -3.86. The number of carbonyl (C=O) groups excluding carboxylic acids is 1. The Hall–Kier alpha value is -2.13. The minimum Gasteiger partial charge on any atom is -0.481 e. The SMILES string of the molecule is CC(C)(CC(=O)O)NC(=O)Nc1cccc(S(N)(=O)=O)c1. The summed E-state index contributed by atoms with van der Waals surface area (Å²) in [6.07, 6.45) is -0.252. The highest BCUT2D eigenvalue weighted by molar-refractivity contribution is 7.89. The number of hydrogen-bond acceptors (Lipinski definition) is 4. The van der Waals surface area contributed by atoms with Gasteiger partial charge in [0.25, 0.3) is 0 Å². The van der Waals surface area contributed by atoms with Gasteiger partial charge >= 0.3 is 12.0 Å². The summed E-state index contributed by atoms with van der Waals surface area (Å²) < 4.78 is 22.4. The summed E-state index contributed by atoms with van der Waals surface area (Å²) in [6, 6.07) is 4.77. The molecule has 0 aliphatic carbocycles. The molecular formula is C12H17N3O5S. The van der Waals surface area contributed by atoms with Gasteiger partial charge in [-0.1, -0.05) is 6.07 Å². The van der Waals surface area contributed by atoms with E-state index < -0.39 is 27.6 Å². The molecule has 1 aromatic carbocycles. The first-order chi connectivity index (χ1) is 9.49. The average molecular weight is 315 g/mol. The van der Waals surface area contributed by atoms with Crippen LogP contribution in [-0.2, 0) is 14.8 Å². The molecule has 5 N–H and O–H groups in total. The van der Waals surface area contributed by atoms with Crippen LogP contribution in [0.4, 0.5) is 10.5 Å². The molecule has 0 spiro atoms. The van der Waals surface area contributed by atoms with Gasteiger partial charge in [-0.3, -0.25) is 4.79 Å². The highest BCUT2D eigenvalue weighted by Crippen LogP contribution is 2.15. The van der Waals surface area contributed by atoms with Gasteiger partial charge < -0.3 is 15.7 Å². The molecule has 0 unspecified atom stereocenters. The van der Waals surface area contributed by atoms with Crippen LogP contribution in [0.2, 0.25) is 0 Å². The van der Waals surface area contributed by atoms with E-state index in [-0.39, 0.29) is 17.0 Å². The van der Waals surface area contributed by atoms with Crippen LogP contribution in [0.15, 0.2) is 29.2 Å². The summed E-state index contributed by atoms with van der Waals surface area (Å²) in [6.45, 7) is 3.11. The van der Waals surface area contributed by atoms with E-state index in [9.17, 15) is 18.0 Å².